The molecule has 0 unspecified atom stereocenters. The van der Waals surface area contributed by atoms with Gasteiger partial charge in [-0.25, -0.2) is 0 Å². The minimum Gasteiger partial charge on any atom is -0.507 e. The molecule has 9 heteroatoms. The lowest BCUT2D eigenvalue weighted by Crippen LogP contribution is -2.38. The lowest BCUT2D eigenvalue weighted by Gasteiger charge is -2.29. The Balaban J connectivity index is 1.69. The van der Waals surface area contributed by atoms with E-state index in [4.69, 9.17) is 18.9 Å². The van der Waals surface area contributed by atoms with Crippen molar-refractivity contribution in [3.63, 3.8) is 0 Å². The third kappa shape index (κ3) is 5.84. The molecule has 0 bridgehead atoms. The Bertz CT molecular complexity index is 1190. The lowest BCUT2D eigenvalue weighted by molar-refractivity contribution is -0.140. The largest absolute Gasteiger partial charge is 0.507 e. The summed E-state index contributed by atoms with van der Waals surface area (Å²) >= 11 is 0. The fourth-order valence-electron chi connectivity index (χ4n) is 4.79. The van der Waals surface area contributed by atoms with Crippen LogP contribution in [0, 0.1) is 0 Å². The van der Waals surface area contributed by atoms with Gasteiger partial charge in [0.05, 0.1) is 39.0 Å². The number of ether oxygens (including phenoxy) is 4. The van der Waals surface area contributed by atoms with Crippen LogP contribution < -0.4 is 14.2 Å². The molecule has 2 aliphatic rings. The second-order valence-electron chi connectivity index (χ2n) is 9.04. The number of aliphatic hydroxyl groups is 1. The van der Waals surface area contributed by atoms with Gasteiger partial charge in [-0.05, 0) is 42.3 Å². The number of nitrogens with zero attached hydrogens (tertiary/aromatic N) is 2. The summed E-state index contributed by atoms with van der Waals surface area (Å²) in [5, 5.41) is 11.4. The molecule has 1 atom stereocenters. The molecule has 202 valence electrons. The number of morpholine rings is 1. The molecule has 4 rings (SSSR count). The van der Waals surface area contributed by atoms with E-state index in [1.807, 2.05) is 12.1 Å². The molecule has 9 nitrogen and oxygen atoms in total. The second kappa shape index (κ2) is 12.6. The molecule has 2 aromatic carbocycles. The number of ketones is 1. The highest BCUT2D eigenvalue weighted by molar-refractivity contribution is 6.46. The maximum atomic E-state index is 13.3. The molecule has 1 N–H and O–H groups in total. The van der Waals surface area contributed by atoms with Crippen molar-refractivity contribution >= 4 is 17.4 Å². The van der Waals surface area contributed by atoms with Crippen molar-refractivity contribution in [2.75, 3.05) is 60.2 Å². The summed E-state index contributed by atoms with van der Waals surface area (Å²) in [6.45, 7) is 8.23. The average Bonchev–Trinajstić information content (AvgIpc) is 3.21. The van der Waals surface area contributed by atoms with E-state index in [0.29, 0.717) is 61.2 Å². The maximum Gasteiger partial charge on any atom is 0.295 e. The third-order valence-electron chi connectivity index (χ3n) is 6.74. The molecule has 2 aliphatic heterocycles. The molecular formula is C29H34N2O7. The van der Waals surface area contributed by atoms with Gasteiger partial charge >= 0.3 is 0 Å². The van der Waals surface area contributed by atoms with E-state index in [2.05, 4.69) is 11.5 Å². The predicted molar refractivity (Wildman–Crippen MR) is 143 cm³/mol. The Morgan fingerprint density at radius 2 is 1.76 bits per heavy atom. The van der Waals surface area contributed by atoms with E-state index >= 15 is 0 Å². The predicted octanol–water partition coefficient (Wildman–Crippen LogP) is 3.41. The summed E-state index contributed by atoms with van der Waals surface area (Å²) in [7, 11) is 3.01. The molecule has 2 saturated heterocycles. The zero-order valence-electron chi connectivity index (χ0n) is 21.9. The van der Waals surface area contributed by atoms with Crippen molar-refractivity contribution in [1.82, 2.24) is 9.80 Å². The van der Waals surface area contributed by atoms with Crippen LogP contribution in [0.15, 0.2) is 60.7 Å². The smallest absolute Gasteiger partial charge is 0.295 e. The van der Waals surface area contributed by atoms with Gasteiger partial charge in [0.2, 0.25) is 0 Å². The first-order chi connectivity index (χ1) is 18.5. The molecule has 0 aromatic heterocycles. The zero-order valence-corrected chi connectivity index (χ0v) is 21.9. The Morgan fingerprint density at radius 1 is 1.05 bits per heavy atom. The van der Waals surface area contributed by atoms with Crippen molar-refractivity contribution < 1.29 is 33.6 Å². The molecule has 1 amide bonds. The average molecular weight is 523 g/mol. The second-order valence-corrected chi connectivity index (χ2v) is 9.04. The van der Waals surface area contributed by atoms with Gasteiger partial charge in [0, 0.05) is 31.7 Å². The highest BCUT2D eigenvalue weighted by atomic mass is 16.5. The van der Waals surface area contributed by atoms with Crippen LogP contribution in [0.2, 0.25) is 0 Å². The SMILES string of the molecule is C=CCOc1ccc([C@H]2/C(=C(\O)c3ccc(OC)c(OC)c3)C(=O)C(=O)N2CCCN2CCOCC2)cc1. The summed E-state index contributed by atoms with van der Waals surface area (Å²) in [5.41, 5.74) is 1.09. The van der Waals surface area contributed by atoms with E-state index in [0.717, 1.165) is 19.6 Å². The van der Waals surface area contributed by atoms with Gasteiger partial charge in [-0.3, -0.25) is 14.5 Å². The molecule has 2 fully saturated rings. The Hall–Kier alpha value is -3.82. The number of rotatable bonds is 11. The van der Waals surface area contributed by atoms with Crippen LogP contribution in [0.1, 0.15) is 23.6 Å². The van der Waals surface area contributed by atoms with Crippen LogP contribution in [-0.2, 0) is 14.3 Å². The topological polar surface area (TPSA) is 97.8 Å². The highest BCUT2D eigenvalue weighted by Gasteiger charge is 2.45. The number of Topliss-reactive ketones (excluding diaryl/α,β-unsaturated/α-hetero) is 1. The summed E-state index contributed by atoms with van der Waals surface area (Å²) < 4.78 is 21.7. The standard InChI is InChI=1S/C29H34N2O7/c1-4-16-38-22-9-6-20(7-10-22)26-25(27(32)21-8-11-23(35-2)24(19-21)36-3)28(33)29(34)31(26)13-5-12-30-14-17-37-18-15-30/h4,6-11,19,26,32H,1,5,12-18H2,2-3H3/b27-25+/t26-/m0/s1. The first kappa shape index (κ1) is 27.2. The number of methoxy groups -OCH3 is 2. The minimum absolute atomic E-state index is 0.0355. The van der Waals surface area contributed by atoms with Gasteiger partial charge in [-0.15, -0.1) is 0 Å². The van der Waals surface area contributed by atoms with Crippen molar-refractivity contribution in [2.45, 2.75) is 12.5 Å². The van der Waals surface area contributed by atoms with Crippen LogP contribution in [0.3, 0.4) is 0 Å². The van der Waals surface area contributed by atoms with Crippen molar-refractivity contribution in [2.24, 2.45) is 0 Å². The van der Waals surface area contributed by atoms with E-state index in [1.165, 1.54) is 14.2 Å². The first-order valence-electron chi connectivity index (χ1n) is 12.6. The maximum absolute atomic E-state index is 13.3. The highest BCUT2D eigenvalue weighted by Crippen LogP contribution is 2.41. The van der Waals surface area contributed by atoms with Crippen LogP contribution in [0.4, 0.5) is 0 Å². The number of hydrogen-bond acceptors (Lipinski definition) is 8. The van der Waals surface area contributed by atoms with Gasteiger partial charge < -0.3 is 29.0 Å². The normalized spacial score (nSPS) is 19.4. The number of hydrogen-bond donors (Lipinski definition) is 1. The molecule has 0 radical (unpaired) electrons. The first-order valence-corrected chi connectivity index (χ1v) is 12.6. The van der Waals surface area contributed by atoms with Crippen LogP contribution in [0.5, 0.6) is 17.2 Å². The zero-order chi connectivity index (χ0) is 27.1. The van der Waals surface area contributed by atoms with E-state index in [9.17, 15) is 14.7 Å². The number of carbonyl (C=O) groups excluding carboxylic acids is 2. The van der Waals surface area contributed by atoms with Gasteiger partial charge in [-0.1, -0.05) is 24.8 Å². The Kier molecular flexibility index (Phi) is 9.04. The van der Waals surface area contributed by atoms with Crippen molar-refractivity contribution in [1.29, 1.82) is 0 Å². The van der Waals surface area contributed by atoms with Gasteiger partial charge in [0.1, 0.15) is 18.1 Å². The Morgan fingerprint density at radius 3 is 2.42 bits per heavy atom. The quantitative estimate of drug-likeness (QED) is 0.208. The molecule has 0 aliphatic carbocycles. The fourth-order valence-corrected chi connectivity index (χ4v) is 4.79. The summed E-state index contributed by atoms with van der Waals surface area (Å²) in [6, 6.07) is 11.3. The molecule has 2 aromatic rings. The number of likely N-dealkylation sites (tertiary alicyclic amines) is 1. The third-order valence-corrected chi connectivity index (χ3v) is 6.74. The van der Waals surface area contributed by atoms with E-state index in [1.54, 1.807) is 41.3 Å². The Labute approximate surface area is 222 Å². The monoisotopic (exact) mass is 522 g/mol. The summed E-state index contributed by atoms with van der Waals surface area (Å²) in [5.74, 6) is -0.0998. The number of amides is 1. The number of aliphatic hydroxyl groups excluding tert-OH is 1. The van der Waals surface area contributed by atoms with Crippen molar-refractivity contribution in [3.8, 4) is 17.2 Å². The summed E-state index contributed by atoms with van der Waals surface area (Å²) in [4.78, 5) is 30.4. The minimum atomic E-state index is -0.749. The lowest BCUT2D eigenvalue weighted by atomic mass is 9.95. The molecular weight excluding hydrogens is 488 g/mol. The molecule has 2 heterocycles. The number of carbonyl (C=O) groups is 2. The molecule has 0 spiro atoms. The fraction of sp³-hybridized carbons (Fsp3) is 0.379. The van der Waals surface area contributed by atoms with Gasteiger partial charge in [0.15, 0.2) is 11.5 Å². The van der Waals surface area contributed by atoms with E-state index in [-0.39, 0.29) is 11.3 Å². The number of benzene rings is 2. The van der Waals surface area contributed by atoms with Crippen molar-refractivity contribution in [3.05, 3.63) is 71.8 Å². The molecule has 0 saturated carbocycles. The van der Waals surface area contributed by atoms with Crippen LogP contribution in [0.25, 0.3) is 5.76 Å². The van der Waals surface area contributed by atoms with E-state index < -0.39 is 17.7 Å². The summed E-state index contributed by atoms with van der Waals surface area (Å²) in [6.07, 6.45) is 2.33. The molecule has 38 heavy (non-hydrogen) atoms. The van der Waals surface area contributed by atoms with Crippen LogP contribution >= 0.6 is 0 Å². The van der Waals surface area contributed by atoms with Crippen LogP contribution in [-0.4, -0.2) is 86.8 Å². The van der Waals surface area contributed by atoms with Gasteiger partial charge in [-0.2, -0.15) is 0 Å². The van der Waals surface area contributed by atoms with Gasteiger partial charge in [0.25, 0.3) is 11.7 Å².